The highest BCUT2D eigenvalue weighted by Gasteiger charge is 2.31. The summed E-state index contributed by atoms with van der Waals surface area (Å²) >= 11 is 8.42. The summed E-state index contributed by atoms with van der Waals surface area (Å²) in [5.41, 5.74) is 9.38. The van der Waals surface area contributed by atoms with Crippen LogP contribution >= 0.6 is 28.1 Å². The van der Waals surface area contributed by atoms with Crippen LogP contribution in [-0.4, -0.2) is 10.9 Å². The Hall–Kier alpha value is -1.72. The molecule has 0 fully saturated rings. The zero-order valence-corrected chi connectivity index (χ0v) is 13.5. The molecule has 1 atom stereocenters. The molecule has 0 bridgehead atoms. The molecule has 1 aliphatic carbocycles. The third-order valence-electron chi connectivity index (χ3n) is 3.68. The van der Waals surface area contributed by atoms with Crippen LogP contribution in [-0.2, 0) is 11.2 Å². The van der Waals surface area contributed by atoms with E-state index in [1.165, 1.54) is 5.56 Å². The van der Waals surface area contributed by atoms with E-state index < -0.39 is 0 Å². The van der Waals surface area contributed by atoms with E-state index in [0.717, 1.165) is 16.5 Å². The fraction of sp³-hybridized carbons (Fsp3) is 0.125. The van der Waals surface area contributed by atoms with Gasteiger partial charge >= 0.3 is 0 Å². The van der Waals surface area contributed by atoms with Gasteiger partial charge in [-0.3, -0.25) is 4.79 Å². The van der Waals surface area contributed by atoms with Gasteiger partial charge in [0.1, 0.15) is 4.99 Å². The molecule has 2 aromatic rings. The zero-order chi connectivity index (χ0) is 15.0. The average Bonchev–Trinajstić information content (AvgIpc) is 2.42. The van der Waals surface area contributed by atoms with Crippen LogP contribution in [0.5, 0.6) is 0 Å². The highest BCUT2D eigenvalue weighted by atomic mass is 79.9. The Bertz CT molecular complexity index is 745. The molecule has 5 heteroatoms. The number of nitrogens with one attached hydrogen (secondary N) is 1. The van der Waals surface area contributed by atoms with E-state index in [1.54, 1.807) is 6.07 Å². The van der Waals surface area contributed by atoms with E-state index in [4.69, 9.17) is 18.0 Å². The number of carbonyl (C=O) groups is 1. The van der Waals surface area contributed by atoms with Gasteiger partial charge in [0.15, 0.2) is 0 Å². The number of anilines is 1. The topological polar surface area (TPSA) is 55.1 Å². The van der Waals surface area contributed by atoms with Crippen LogP contribution < -0.4 is 11.1 Å². The summed E-state index contributed by atoms with van der Waals surface area (Å²) in [6.07, 6.45) is 0.779. The minimum atomic E-state index is -0.0935. The van der Waals surface area contributed by atoms with E-state index in [2.05, 4.69) is 27.3 Å². The molecule has 0 aliphatic heterocycles. The molecule has 0 aromatic heterocycles. The van der Waals surface area contributed by atoms with Crippen LogP contribution in [0.4, 0.5) is 5.69 Å². The number of amides is 1. The van der Waals surface area contributed by atoms with Gasteiger partial charge in [0.2, 0.25) is 5.91 Å². The third kappa shape index (κ3) is 2.71. The molecular weight excluding hydrogens is 348 g/mol. The maximum Gasteiger partial charge on any atom is 0.232 e. The molecule has 1 aliphatic rings. The fourth-order valence-electron chi connectivity index (χ4n) is 2.54. The standard InChI is InChI=1S/C16H13BrN2OS/c17-10-5-6-14(13(8-10)15(18)21)19-16(20)12-7-9-3-1-2-4-11(9)12/h1-6,8,12H,7H2,(H2,18,21)(H,19,20). The second kappa shape index (κ2) is 5.58. The summed E-state index contributed by atoms with van der Waals surface area (Å²) in [5, 5.41) is 2.93. The first-order valence-electron chi connectivity index (χ1n) is 6.54. The van der Waals surface area contributed by atoms with Gasteiger partial charge in [0.05, 0.1) is 11.6 Å². The van der Waals surface area contributed by atoms with Crippen LogP contribution in [0, 0.1) is 0 Å². The minimum Gasteiger partial charge on any atom is -0.389 e. The summed E-state index contributed by atoms with van der Waals surface area (Å²) in [6, 6.07) is 13.5. The molecule has 3 nitrogen and oxygen atoms in total. The Kier molecular flexibility index (Phi) is 3.78. The van der Waals surface area contributed by atoms with Gasteiger partial charge in [-0.05, 0) is 35.7 Å². The number of nitrogens with two attached hydrogens (primary N) is 1. The Morgan fingerprint density at radius 3 is 2.76 bits per heavy atom. The van der Waals surface area contributed by atoms with Gasteiger partial charge in [0, 0.05) is 10.0 Å². The van der Waals surface area contributed by atoms with Crippen molar-refractivity contribution >= 4 is 44.7 Å². The van der Waals surface area contributed by atoms with Gasteiger partial charge in [-0.2, -0.15) is 0 Å². The SMILES string of the molecule is NC(=S)c1cc(Br)ccc1NC(=O)C1Cc2ccccc21. The van der Waals surface area contributed by atoms with Crippen LogP contribution in [0.2, 0.25) is 0 Å². The summed E-state index contributed by atoms with van der Waals surface area (Å²) in [4.78, 5) is 12.7. The van der Waals surface area contributed by atoms with Crippen molar-refractivity contribution < 1.29 is 4.79 Å². The zero-order valence-electron chi connectivity index (χ0n) is 11.1. The second-order valence-corrected chi connectivity index (χ2v) is 6.35. The lowest BCUT2D eigenvalue weighted by Crippen LogP contribution is -2.30. The van der Waals surface area contributed by atoms with Crippen LogP contribution in [0.3, 0.4) is 0 Å². The number of fused-ring (bicyclic) bond motifs is 1. The van der Waals surface area contributed by atoms with Crippen molar-refractivity contribution in [3.63, 3.8) is 0 Å². The van der Waals surface area contributed by atoms with Gasteiger partial charge in [-0.25, -0.2) is 0 Å². The summed E-state index contributed by atoms with van der Waals surface area (Å²) < 4.78 is 0.872. The lowest BCUT2D eigenvalue weighted by Gasteiger charge is -2.29. The number of rotatable bonds is 3. The van der Waals surface area contributed by atoms with Gasteiger partial charge in [0.25, 0.3) is 0 Å². The number of thiocarbonyl (C=S) groups is 1. The van der Waals surface area contributed by atoms with Crippen molar-refractivity contribution in [1.82, 2.24) is 0 Å². The molecule has 2 aromatic carbocycles. The molecule has 0 saturated heterocycles. The summed E-state index contributed by atoms with van der Waals surface area (Å²) in [7, 11) is 0. The highest BCUT2D eigenvalue weighted by molar-refractivity contribution is 9.10. The van der Waals surface area contributed by atoms with Crippen LogP contribution in [0.1, 0.15) is 22.6 Å². The monoisotopic (exact) mass is 360 g/mol. The lowest BCUT2D eigenvalue weighted by molar-refractivity contribution is -0.118. The molecule has 1 amide bonds. The van der Waals surface area contributed by atoms with E-state index in [-0.39, 0.29) is 16.8 Å². The van der Waals surface area contributed by atoms with E-state index in [0.29, 0.717) is 11.3 Å². The number of halogens is 1. The van der Waals surface area contributed by atoms with E-state index in [1.807, 2.05) is 30.3 Å². The van der Waals surface area contributed by atoms with Crippen LogP contribution in [0.25, 0.3) is 0 Å². The lowest BCUT2D eigenvalue weighted by atomic mass is 9.77. The van der Waals surface area contributed by atoms with Crippen molar-refractivity contribution in [1.29, 1.82) is 0 Å². The molecular formula is C16H13BrN2OS. The predicted octanol–water partition coefficient (Wildman–Crippen LogP) is 3.36. The first-order valence-corrected chi connectivity index (χ1v) is 7.74. The molecule has 1 unspecified atom stereocenters. The summed E-state index contributed by atoms with van der Waals surface area (Å²) in [5.74, 6) is -0.113. The van der Waals surface area contributed by atoms with Gasteiger partial charge in [-0.1, -0.05) is 52.4 Å². The molecule has 3 N–H and O–H groups in total. The Morgan fingerprint density at radius 2 is 2.05 bits per heavy atom. The van der Waals surface area contributed by atoms with E-state index >= 15 is 0 Å². The Morgan fingerprint density at radius 1 is 1.29 bits per heavy atom. The van der Waals surface area contributed by atoms with E-state index in [9.17, 15) is 4.79 Å². The highest BCUT2D eigenvalue weighted by Crippen LogP contribution is 2.36. The molecule has 106 valence electrons. The first-order chi connectivity index (χ1) is 10.1. The van der Waals surface area contributed by atoms with Gasteiger partial charge in [-0.15, -0.1) is 0 Å². The molecule has 0 radical (unpaired) electrons. The maximum absolute atomic E-state index is 12.4. The minimum absolute atomic E-state index is 0.0199. The maximum atomic E-state index is 12.4. The average molecular weight is 361 g/mol. The molecule has 0 spiro atoms. The Balaban J connectivity index is 1.82. The molecule has 0 saturated carbocycles. The smallest absolute Gasteiger partial charge is 0.232 e. The largest absolute Gasteiger partial charge is 0.389 e. The number of benzene rings is 2. The molecule has 21 heavy (non-hydrogen) atoms. The third-order valence-corrected chi connectivity index (χ3v) is 4.39. The fourth-order valence-corrected chi connectivity index (χ4v) is 3.07. The van der Waals surface area contributed by atoms with Crippen molar-refractivity contribution in [3.8, 4) is 0 Å². The predicted molar refractivity (Wildman–Crippen MR) is 91.5 cm³/mol. The number of carbonyl (C=O) groups excluding carboxylic acids is 1. The van der Waals surface area contributed by atoms with Crippen LogP contribution in [0.15, 0.2) is 46.9 Å². The van der Waals surface area contributed by atoms with Crippen molar-refractivity contribution in [3.05, 3.63) is 63.6 Å². The number of hydrogen-bond acceptors (Lipinski definition) is 2. The summed E-state index contributed by atoms with van der Waals surface area (Å²) in [6.45, 7) is 0. The van der Waals surface area contributed by atoms with Gasteiger partial charge < -0.3 is 11.1 Å². The quantitative estimate of drug-likeness (QED) is 0.825. The first kappa shape index (κ1) is 14.2. The Labute approximate surface area is 136 Å². The normalized spacial score (nSPS) is 15.8. The second-order valence-electron chi connectivity index (χ2n) is 5.00. The molecule has 0 heterocycles. The van der Waals surface area contributed by atoms with Crippen molar-refractivity contribution in [2.24, 2.45) is 5.73 Å². The van der Waals surface area contributed by atoms with Crippen molar-refractivity contribution in [2.75, 3.05) is 5.32 Å². The van der Waals surface area contributed by atoms with Crippen molar-refractivity contribution in [2.45, 2.75) is 12.3 Å². The number of hydrogen-bond donors (Lipinski definition) is 2. The molecule has 3 rings (SSSR count).